The summed E-state index contributed by atoms with van der Waals surface area (Å²) < 4.78 is 0. The lowest BCUT2D eigenvalue weighted by Crippen LogP contribution is -1.88. The summed E-state index contributed by atoms with van der Waals surface area (Å²) in [6.07, 6.45) is 15.6. The number of hydrogen-bond acceptors (Lipinski definition) is 2. The fraction of sp³-hybridized carbons (Fsp3) is 0.500. The minimum atomic E-state index is 1.02. The highest BCUT2D eigenvalue weighted by atomic mass is 15.1. The highest BCUT2D eigenvalue weighted by Gasteiger charge is 2.02. The van der Waals surface area contributed by atoms with Gasteiger partial charge in [-0.1, -0.05) is 18.2 Å². The summed E-state index contributed by atoms with van der Waals surface area (Å²) in [5.74, 6) is 0. The van der Waals surface area contributed by atoms with Gasteiger partial charge in [-0.25, -0.2) is 0 Å². The molecule has 0 fully saturated rings. The van der Waals surface area contributed by atoms with Gasteiger partial charge in [-0.3, -0.25) is 0 Å². The summed E-state index contributed by atoms with van der Waals surface area (Å²) in [6.45, 7) is 0. The van der Waals surface area contributed by atoms with Gasteiger partial charge < -0.3 is 0 Å². The number of azo groups is 1. The molecule has 0 aromatic heterocycles. The van der Waals surface area contributed by atoms with Crippen LogP contribution in [-0.2, 0) is 0 Å². The Morgan fingerprint density at radius 2 is 1.93 bits per heavy atom. The van der Waals surface area contributed by atoms with Gasteiger partial charge in [0.25, 0.3) is 0 Å². The Morgan fingerprint density at radius 1 is 0.929 bits per heavy atom. The first-order chi connectivity index (χ1) is 6.95. The molecule has 0 unspecified atom stereocenters. The average molecular weight is 188 g/mol. The first-order valence-electron chi connectivity index (χ1n) is 5.42. The van der Waals surface area contributed by atoms with E-state index < -0.39 is 0 Å². The highest BCUT2D eigenvalue weighted by Crippen LogP contribution is 2.20. The van der Waals surface area contributed by atoms with Crippen molar-refractivity contribution >= 4 is 0 Å². The van der Waals surface area contributed by atoms with Crippen molar-refractivity contribution < 1.29 is 0 Å². The molecule has 0 N–H and O–H groups in total. The monoisotopic (exact) mass is 188 g/mol. The Kier molecular flexibility index (Phi) is 3.28. The second-order valence-electron chi connectivity index (χ2n) is 3.75. The van der Waals surface area contributed by atoms with E-state index >= 15 is 0 Å². The molecule has 0 heterocycles. The summed E-state index contributed by atoms with van der Waals surface area (Å²) in [5, 5.41) is 8.51. The Labute approximate surface area is 85.1 Å². The van der Waals surface area contributed by atoms with Gasteiger partial charge >= 0.3 is 0 Å². The van der Waals surface area contributed by atoms with Crippen LogP contribution in [0.2, 0.25) is 0 Å². The van der Waals surface area contributed by atoms with Crippen LogP contribution in [0.3, 0.4) is 0 Å². The topological polar surface area (TPSA) is 24.7 Å². The maximum Gasteiger partial charge on any atom is 0.0814 e. The quantitative estimate of drug-likeness (QED) is 0.582. The molecule has 0 saturated carbocycles. The van der Waals surface area contributed by atoms with E-state index in [1.54, 1.807) is 0 Å². The first kappa shape index (κ1) is 9.38. The molecule has 2 rings (SSSR count). The average Bonchev–Trinajstić information content (AvgIpc) is 2.29. The van der Waals surface area contributed by atoms with Gasteiger partial charge in [-0.05, 0) is 44.6 Å². The van der Waals surface area contributed by atoms with E-state index in [1.807, 2.05) is 0 Å². The van der Waals surface area contributed by atoms with E-state index in [0.717, 1.165) is 30.7 Å². The standard InChI is InChI=1S/C12H16N2/c1-3-7-11(8-4-1)13-14-12-9-5-2-6-10-12/h3,7-9H,1-2,4-6,10H2/b14-13+. The van der Waals surface area contributed by atoms with Crippen molar-refractivity contribution in [1.29, 1.82) is 0 Å². The van der Waals surface area contributed by atoms with Gasteiger partial charge in [0, 0.05) is 0 Å². The van der Waals surface area contributed by atoms with Crippen LogP contribution in [-0.4, -0.2) is 0 Å². The van der Waals surface area contributed by atoms with Crippen LogP contribution in [0.5, 0.6) is 0 Å². The van der Waals surface area contributed by atoms with Crippen molar-refractivity contribution in [1.82, 2.24) is 0 Å². The van der Waals surface area contributed by atoms with Crippen LogP contribution in [0, 0.1) is 0 Å². The molecule has 2 aliphatic carbocycles. The van der Waals surface area contributed by atoms with E-state index in [2.05, 4.69) is 34.5 Å². The van der Waals surface area contributed by atoms with Crippen LogP contribution in [0.15, 0.2) is 45.9 Å². The molecule has 2 aliphatic rings. The molecule has 0 bridgehead atoms. The van der Waals surface area contributed by atoms with E-state index in [0.29, 0.717) is 0 Å². The molecule has 2 heteroatoms. The molecule has 0 saturated heterocycles. The lowest BCUT2D eigenvalue weighted by Gasteiger charge is -2.06. The van der Waals surface area contributed by atoms with E-state index in [4.69, 9.17) is 0 Å². The molecule has 0 amide bonds. The summed E-state index contributed by atoms with van der Waals surface area (Å²) in [6, 6.07) is 0. The molecule has 74 valence electrons. The largest absolute Gasteiger partial charge is 0.155 e. The van der Waals surface area contributed by atoms with Crippen LogP contribution < -0.4 is 0 Å². The van der Waals surface area contributed by atoms with Gasteiger partial charge in [0.05, 0.1) is 11.4 Å². The molecular formula is C12H16N2. The van der Waals surface area contributed by atoms with Gasteiger partial charge in [0.1, 0.15) is 0 Å². The molecule has 2 nitrogen and oxygen atoms in total. The molecular weight excluding hydrogens is 172 g/mol. The van der Waals surface area contributed by atoms with Gasteiger partial charge in [0.15, 0.2) is 0 Å². The summed E-state index contributed by atoms with van der Waals surface area (Å²) >= 11 is 0. The zero-order valence-corrected chi connectivity index (χ0v) is 8.45. The zero-order valence-electron chi connectivity index (χ0n) is 8.45. The van der Waals surface area contributed by atoms with E-state index in [9.17, 15) is 0 Å². The second-order valence-corrected chi connectivity index (χ2v) is 3.75. The fourth-order valence-corrected chi connectivity index (χ4v) is 1.71. The number of allylic oxidation sites excluding steroid dienone is 5. The molecule has 0 radical (unpaired) electrons. The summed E-state index contributed by atoms with van der Waals surface area (Å²) in [4.78, 5) is 0. The minimum Gasteiger partial charge on any atom is -0.155 e. The molecule has 0 spiro atoms. The van der Waals surface area contributed by atoms with Crippen molar-refractivity contribution in [3.05, 3.63) is 35.7 Å². The Hall–Kier alpha value is -1.18. The molecule has 14 heavy (non-hydrogen) atoms. The SMILES string of the molecule is C1=CC(/N=N/C2=CCCCC2)=CCC1. The number of rotatable bonds is 2. The molecule has 0 aliphatic heterocycles. The second kappa shape index (κ2) is 4.89. The Balaban J connectivity index is 1.95. The fourth-order valence-electron chi connectivity index (χ4n) is 1.71. The Morgan fingerprint density at radius 3 is 2.64 bits per heavy atom. The lowest BCUT2D eigenvalue weighted by molar-refractivity contribution is 0.688. The molecule has 0 atom stereocenters. The maximum atomic E-state index is 4.27. The van der Waals surface area contributed by atoms with Crippen molar-refractivity contribution in [3.8, 4) is 0 Å². The van der Waals surface area contributed by atoms with Crippen molar-refractivity contribution in [2.24, 2.45) is 10.2 Å². The molecule has 0 aromatic carbocycles. The lowest BCUT2D eigenvalue weighted by atomic mass is 10.1. The van der Waals surface area contributed by atoms with Gasteiger partial charge in [-0.15, -0.1) is 0 Å². The zero-order chi connectivity index (χ0) is 9.64. The van der Waals surface area contributed by atoms with Gasteiger partial charge in [-0.2, -0.15) is 10.2 Å². The summed E-state index contributed by atoms with van der Waals surface area (Å²) in [7, 11) is 0. The first-order valence-corrected chi connectivity index (χ1v) is 5.42. The Bertz CT molecular complexity index is 308. The van der Waals surface area contributed by atoms with E-state index in [-0.39, 0.29) is 0 Å². The normalized spacial score (nSPS) is 22.3. The van der Waals surface area contributed by atoms with E-state index in [1.165, 1.54) is 19.3 Å². The smallest absolute Gasteiger partial charge is 0.0814 e. The van der Waals surface area contributed by atoms with Crippen molar-refractivity contribution in [3.63, 3.8) is 0 Å². The maximum absolute atomic E-state index is 4.27. The summed E-state index contributed by atoms with van der Waals surface area (Å²) in [5.41, 5.74) is 2.18. The third kappa shape index (κ3) is 2.66. The number of hydrogen-bond donors (Lipinski definition) is 0. The predicted octanol–water partition coefficient (Wildman–Crippen LogP) is 4.13. The van der Waals surface area contributed by atoms with Crippen LogP contribution in [0.25, 0.3) is 0 Å². The highest BCUT2D eigenvalue weighted by molar-refractivity contribution is 5.20. The van der Waals surface area contributed by atoms with Crippen LogP contribution >= 0.6 is 0 Å². The minimum absolute atomic E-state index is 1.02. The van der Waals surface area contributed by atoms with Crippen molar-refractivity contribution in [2.75, 3.05) is 0 Å². The number of nitrogens with zero attached hydrogens (tertiary/aromatic N) is 2. The molecule has 0 aromatic rings. The van der Waals surface area contributed by atoms with Gasteiger partial charge in [0.2, 0.25) is 0 Å². The third-order valence-corrected chi connectivity index (χ3v) is 2.54. The van der Waals surface area contributed by atoms with Crippen LogP contribution in [0.1, 0.15) is 38.5 Å². The van der Waals surface area contributed by atoms with Crippen molar-refractivity contribution in [2.45, 2.75) is 38.5 Å². The van der Waals surface area contributed by atoms with Crippen LogP contribution in [0.4, 0.5) is 0 Å². The third-order valence-electron chi connectivity index (χ3n) is 2.54. The predicted molar refractivity (Wildman–Crippen MR) is 57.9 cm³/mol.